The first-order valence-electron chi connectivity index (χ1n) is 4.74. The lowest BCUT2D eigenvalue weighted by Crippen LogP contribution is -2.42. The van der Waals surface area contributed by atoms with Crippen LogP contribution in [0.25, 0.3) is 0 Å². The van der Waals surface area contributed by atoms with Gasteiger partial charge in [0.25, 0.3) is 11.7 Å². The van der Waals surface area contributed by atoms with Crippen molar-refractivity contribution in [2.24, 2.45) is 0 Å². The molecule has 0 bridgehead atoms. The second kappa shape index (κ2) is 5.53. The molecule has 11 heteroatoms. The quantitative estimate of drug-likeness (QED) is 0.529. The van der Waals surface area contributed by atoms with E-state index in [1.807, 2.05) is 0 Å². The van der Waals surface area contributed by atoms with Gasteiger partial charge in [-0.05, 0) is 11.6 Å². The van der Waals surface area contributed by atoms with E-state index in [9.17, 15) is 18.0 Å². The fourth-order valence-corrected chi connectivity index (χ4v) is 1.73. The number of aromatic amines is 1. The summed E-state index contributed by atoms with van der Waals surface area (Å²) in [7, 11) is -3.31. The number of carbonyl (C=O) groups is 2. The Morgan fingerprint density at radius 3 is 2.61 bits per heavy atom. The van der Waals surface area contributed by atoms with Crippen LogP contribution >= 0.6 is 0 Å². The van der Waals surface area contributed by atoms with Crippen LogP contribution in [0.3, 0.4) is 0 Å². The molecule has 1 heterocycles. The molecule has 0 aromatic carbocycles. The van der Waals surface area contributed by atoms with E-state index in [4.69, 9.17) is 5.11 Å². The first-order valence-corrected chi connectivity index (χ1v) is 6.80. The van der Waals surface area contributed by atoms with Gasteiger partial charge in [0.2, 0.25) is 0 Å². The summed E-state index contributed by atoms with van der Waals surface area (Å²) in [5, 5.41) is 22.9. The molecule has 0 fully saturated rings. The molecule has 1 unspecified atom stereocenters. The van der Waals surface area contributed by atoms with Crippen molar-refractivity contribution in [3.63, 3.8) is 0 Å². The number of rotatable bonds is 6. The molecule has 0 radical (unpaired) electrons. The van der Waals surface area contributed by atoms with E-state index in [-0.39, 0.29) is 18.0 Å². The van der Waals surface area contributed by atoms with Gasteiger partial charge < -0.3 is 10.4 Å². The van der Waals surface area contributed by atoms with E-state index in [1.54, 1.807) is 0 Å². The Hall–Kier alpha value is -2.04. The third-order valence-corrected chi connectivity index (χ3v) is 2.91. The SMILES string of the molecule is CS(=O)(=O)CCC(NC(=O)c1nn[nH]n1)C(=O)O. The summed E-state index contributed by atoms with van der Waals surface area (Å²) in [5.41, 5.74) is 0. The summed E-state index contributed by atoms with van der Waals surface area (Å²) in [4.78, 5) is 22.3. The molecule has 1 aromatic heterocycles. The Bertz CT molecular complexity index is 524. The number of carbonyl (C=O) groups excluding carboxylic acids is 1. The maximum absolute atomic E-state index is 11.4. The standard InChI is InChI=1S/C7H11N5O5S/c1-18(16,17)3-2-4(7(14)15)8-6(13)5-9-11-12-10-5/h4H,2-3H2,1H3,(H,8,13)(H,14,15)(H,9,10,11,12). The maximum Gasteiger partial charge on any atom is 0.326 e. The predicted molar refractivity (Wildman–Crippen MR) is 57.4 cm³/mol. The van der Waals surface area contributed by atoms with E-state index >= 15 is 0 Å². The van der Waals surface area contributed by atoms with E-state index in [1.165, 1.54) is 0 Å². The highest BCUT2D eigenvalue weighted by molar-refractivity contribution is 7.90. The minimum absolute atomic E-state index is 0.238. The van der Waals surface area contributed by atoms with Crippen LogP contribution < -0.4 is 5.32 Å². The van der Waals surface area contributed by atoms with Gasteiger partial charge in [0, 0.05) is 6.26 Å². The van der Waals surface area contributed by atoms with Crippen LogP contribution in [0.4, 0.5) is 0 Å². The third-order valence-electron chi connectivity index (χ3n) is 1.93. The highest BCUT2D eigenvalue weighted by atomic mass is 32.2. The Labute approximate surface area is 102 Å². The average Bonchev–Trinajstić information content (AvgIpc) is 2.75. The lowest BCUT2D eigenvalue weighted by molar-refractivity contribution is -0.139. The number of sulfone groups is 1. The summed E-state index contributed by atoms with van der Waals surface area (Å²) >= 11 is 0. The molecule has 0 saturated carbocycles. The monoisotopic (exact) mass is 277 g/mol. The fourth-order valence-electron chi connectivity index (χ4n) is 1.07. The summed E-state index contributed by atoms with van der Waals surface area (Å²) in [6.45, 7) is 0. The molecule has 3 N–H and O–H groups in total. The summed E-state index contributed by atoms with van der Waals surface area (Å²) in [6, 6.07) is -1.33. The van der Waals surface area contributed by atoms with Crippen molar-refractivity contribution >= 4 is 21.7 Å². The van der Waals surface area contributed by atoms with Crippen molar-refractivity contribution in [2.75, 3.05) is 12.0 Å². The van der Waals surface area contributed by atoms with Crippen LogP contribution in [-0.2, 0) is 14.6 Å². The highest BCUT2D eigenvalue weighted by Crippen LogP contribution is 1.98. The van der Waals surface area contributed by atoms with Gasteiger partial charge in [-0.3, -0.25) is 4.79 Å². The maximum atomic E-state index is 11.4. The first-order chi connectivity index (χ1) is 8.29. The molecular weight excluding hydrogens is 266 g/mol. The normalized spacial score (nSPS) is 12.9. The second-order valence-corrected chi connectivity index (χ2v) is 5.78. The zero-order valence-corrected chi connectivity index (χ0v) is 10.1. The lowest BCUT2D eigenvalue weighted by Gasteiger charge is -2.12. The van der Waals surface area contributed by atoms with E-state index in [0.29, 0.717) is 0 Å². The van der Waals surface area contributed by atoms with Crippen LogP contribution in [0.1, 0.15) is 17.0 Å². The third kappa shape index (κ3) is 4.45. The van der Waals surface area contributed by atoms with Crippen molar-refractivity contribution in [3.05, 3.63) is 5.82 Å². The number of hydrogen-bond acceptors (Lipinski definition) is 7. The van der Waals surface area contributed by atoms with Crippen molar-refractivity contribution < 1.29 is 23.1 Å². The highest BCUT2D eigenvalue weighted by Gasteiger charge is 2.23. The van der Waals surface area contributed by atoms with Crippen LogP contribution in [0.5, 0.6) is 0 Å². The smallest absolute Gasteiger partial charge is 0.326 e. The number of carboxylic acids is 1. The molecule has 1 atom stereocenters. The number of aromatic nitrogens is 4. The molecule has 18 heavy (non-hydrogen) atoms. The summed E-state index contributed by atoms with van der Waals surface area (Å²) in [5.74, 6) is -2.85. The molecular formula is C7H11N5O5S. The number of nitrogens with one attached hydrogen (secondary N) is 2. The minimum atomic E-state index is -3.31. The molecule has 0 saturated heterocycles. The molecule has 100 valence electrons. The van der Waals surface area contributed by atoms with Gasteiger partial charge in [0.05, 0.1) is 5.75 Å². The molecule has 0 aliphatic rings. The molecule has 0 spiro atoms. The molecule has 0 aliphatic carbocycles. The van der Waals surface area contributed by atoms with Gasteiger partial charge in [-0.2, -0.15) is 5.21 Å². The predicted octanol–water partition coefficient (Wildman–Crippen LogP) is -2.18. The number of carboxylic acid groups (broad SMARTS) is 1. The topological polar surface area (TPSA) is 155 Å². The van der Waals surface area contributed by atoms with Gasteiger partial charge in [-0.15, -0.1) is 10.2 Å². The number of aliphatic carboxylic acids is 1. The van der Waals surface area contributed by atoms with E-state index in [0.717, 1.165) is 6.26 Å². The number of nitrogens with zero attached hydrogens (tertiary/aromatic N) is 3. The van der Waals surface area contributed by atoms with Gasteiger partial charge >= 0.3 is 5.97 Å². The van der Waals surface area contributed by atoms with E-state index < -0.39 is 27.8 Å². The number of H-pyrrole nitrogens is 1. The molecule has 1 aromatic rings. The Morgan fingerprint density at radius 1 is 1.50 bits per heavy atom. The van der Waals surface area contributed by atoms with Crippen LogP contribution in [0, 0.1) is 0 Å². The largest absolute Gasteiger partial charge is 0.480 e. The Balaban J connectivity index is 2.64. The molecule has 10 nitrogen and oxygen atoms in total. The first kappa shape index (κ1) is 14.0. The average molecular weight is 277 g/mol. The Kier molecular flexibility index (Phi) is 4.31. The summed E-state index contributed by atoms with van der Waals surface area (Å²) < 4.78 is 21.9. The van der Waals surface area contributed by atoms with Crippen LogP contribution in [0.2, 0.25) is 0 Å². The molecule has 0 aliphatic heterocycles. The lowest BCUT2D eigenvalue weighted by atomic mass is 10.2. The molecule has 1 amide bonds. The van der Waals surface area contributed by atoms with E-state index in [2.05, 4.69) is 25.9 Å². The number of hydrogen-bond donors (Lipinski definition) is 3. The minimum Gasteiger partial charge on any atom is -0.480 e. The Morgan fingerprint density at radius 2 is 2.17 bits per heavy atom. The van der Waals surface area contributed by atoms with Crippen molar-refractivity contribution in [2.45, 2.75) is 12.5 Å². The van der Waals surface area contributed by atoms with Crippen LogP contribution in [-0.4, -0.2) is 64.1 Å². The molecule has 1 rings (SSSR count). The van der Waals surface area contributed by atoms with Crippen molar-refractivity contribution in [1.29, 1.82) is 0 Å². The van der Waals surface area contributed by atoms with Gasteiger partial charge in [0.1, 0.15) is 15.9 Å². The fraction of sp³-hybridized carbons (Fsp3) is 0.571. The second-order valence-electron chi connectivity index (χ2n) is 3.52. The van der Waals surface area contributed by atoms with Gasteiger partial charge in [0.15, 0.2) is 0 Å². The summed E-state index contributed by atoms with van der Waals surface area (Å²) in [6.07, 6.45) is 0.741. The van der Waals surface area contributed by atoms with Crippen LogP contribution in [0.15, 0.2) is 0 Å². The van der Waals surface area contributed by atoms with Gasteiger partial charge in [-0.25, -0.2) is 13.2 Å². The number of amides is 1. The number of tetrazole rings is 1. The van der Waals surface area contributed by atoms with Crippen molar-refractivity contribution in [3.8, 4) is 0 Å². The van der Waals surface area contributed by atoms with Crippen molar-refractivity contribution in [1.82, 2.24) is 25.9 Å². The zero-order valence-electron chi connectivity index (χ0n) is 9.32. The van der Waals surface area contributed by atoms with Gasteiger partial charge in [-0.1, -0.05) is 0 Å². The zero-order chi connectivity index (χ0) is 13.8.